The Balaban J connectivity index is 1.46. The number of aliphatic hydroxyl groups excluding tert-OH is 1. The highest BCUT2D eigenvalue weighted by atomic mass is 32.1. The van der Waals surface area contributed by atoms with Crippen LogP contribution >= 0.6 is 11.3 Å². The molecule has 8 heteroatoms. The zero-order chi connectivity index (χ0) is 19.3. The predicted octanol–water partition coefficient (Wildman–Crippen LogP) is 3.25. The van der Waals surface area contributed by atoms with Gasteiger partial charge in [-0.05, 0) is 17.7 Å². The minimum Gasteiger partial charge on any atom is -0.454 e. The van der Waals surface area contributed by atoms with E-state index in [4.69, 9.17) is 9.47 Å². The van der Waals surface area contributed by atoms with Crippen molar-refractivity contribution in [2.24, 2.45) is 0 Å². The SMILES string of the molecule is O=C(c1csc(Nc2ccc3c(c2)OCO3)n1)N(CCO)Cc1ccccc1. The molecule has 4 rings (SSSR count). The summed E-state index contributed by atoms with van der Waals surface area (Å²) in [7, 11) is 0. The lowest BCUT2D eigenvalue weighted by molar-refractivity contribution is 0.0703. The minimum atomic E-state index is -0.215. The number of benzene rings is 2. The molecule has 1 aliphatic heterocycles. The lowest BCUT2D eigenvalue weighted by Gasteiger charge is -2.20. The molecule has 1 aromatic heterocycles. The van der Waals surface area contributed by atoms with Crippen LogP contribution in [0.2, 0.25) is 0 Å². The van der Waals surface area contributed by atoms with Crippen molar-refractivity contribution in [2.75, 3.05) is 25.3 Å². The van der Waals surface area contributed by atoms with E-state index in [-0.39, 0.29) is 25.9 Å². The summed E-state index contributed by atoms with van der Waals surface area (Å²) in [6, 6.07) is 15.2. The van der Waals surface area contributed by atoms with Crippen LogP contribution in [0.3, 0.4) is 0 Å². The molecule has 0 radical (unpaired) electrons. The second-order valence-corrected chi connectivity index (χ2v) is 7.02. The van der Waals surface area contributed by atoms with Gasteiger partial charge in [0.15, 0.2) is 16.6 Å². The summed E-state index contributed by atoms with van der Waals surface area (Å²) < 4.78 is 10.7. The summed E-state index contributed by atoms with van der Waals surface area (Å²) in [5, 5.41) is 14.8. The van der Waals surface area contributed by atoms with E-state index in [0.29, 0.717) is 28.9 Å². The van der Waals surface area contributed by atoms with E-state index >= 15 is 0 Å². The highest BCUT2D eigenvalue weighted by molar-refractivity contribution is 7.14. The monoisotopic (exact) mass is 397 g/mol. The van der Waals surface area contributed by atoms with Crippen LogP contribution in [0.1, 0.15) is 16.1 Å². The third-order valence-electron chi connectivity index (χ3n) is 4.22. The molecule has 0 spiro atoms. The molecule has 7 nitrogen and oxygen atoms in total. The number of ether oxygens (including phenoxy) is 2. The smallest absolute Gasteiger partial charge is 0.273 e. The minimum absolute atomic E-state index is 0.106. The lowest BCUT2D eigenvalue weighted by atomic mass is 10.2. The van der Waals surface area contributed by atoms with Gasteiger partial charge in [-0.2, -0.15) is 0 Å². The molecular weight excluding hydrogens is 378 g/mol. The molecule has 144 valence electrons. The van der Waals surface area contributed by atoms with Crippen molar-refractivity contribution in [1.29, 1.82) is 0 Å². The largest absolute Gasteiger partial charge is 0.454 e. The molecule has 0 fully saturated rings. The van der Waals surface area contributed by atoms with Crippen LogP contribution in [0.4, 0.5) is 10.8 Å². The zero-order valence-corrected chi connectivity index (χ0v) is 15.8. The molecule has 1 aliphatic rings. The first-order valence-corrected chi connectivity index (χ1v) is 9.67. The number of amides is 1. The van der Waals surface area contributed by atoms with Crippen LogP contribution in [0.25, 0.3) is 0 Å². The highest BCUT2D eigenvalue weighted by Gasteiger charge is 2.19. The fourth-order valence-electron chi connectivity index (χ4n) is 2.87. The number of hydrogen-bond acceptors (Lipinski definition) is 7. The van der Waals surface area contributed by atoms with Crippen LogP contribution in [-0.4, -0.2) is 40.8 Å². The van der Waals surface area contributed by atoms with Gasteiger partial charge >= 0.3 is 0 Å². The Morgan fingerprint density at radius 2 is 2.00 bits per heavy atom. The number of hydrogen-bond donors (Lipinski definition) is 2. The van der Waals surface area contributed by atoms with Gasteiger partial charge in [0, 0.05) is 30.2 Å². The number of fused-ring (bicyclic) bond motifs is 1. The Kier molecular flexibility index (Phi) is 5.41. The van der Waals surface area contributed by atoms with Crippen LogP contribution in [0.5, 0.6) is 11.5 Å². The number of carbonyl (C=O) groups is 1. The Labute approximate surface area is 166 Å². The fraction of sp³-hybridized carbons (Fsp3) is 0.200. The number of carbonyl (C=O) groups excluding carboxylic acids is 1. The van der Waals surface area contributed by atoms with Gasteiger partial charge in [0.1, 0.15) is 5.69 Å². The van der Waals surface area contributed by atoms with E-state index in [9.17, 15) is 9.90 Å². The molecule has 0 bridgehead atoms. The van der Waals surface area contributed by atoms with Gasteiger partial charge in [-0.1, -0.05) is 30.3 Å². The van der Waals surface area contributed by atoms with E-state index in [0.717, 1.165) is 11.3 Å². The van der Waals surface area contributed by atoms with Gasteiger partial charge in [-0.25, -0.2) is 4.98 Å². The van der Waals surface area contributed by atoms with Crippen molar-refractivity contribution < 1.29 is 19.4 Å². The highest BCUT2D eigenvalue weighted by Crippen LogP contribution is 2.35. The fourth-order valence-corrected chi connectivity index (χ4v) is 3.57. The van der Waals surface area contributed by atoms with Crippen LogP contribution in [0.15, 0.2) is 53.9 Å². The van der Waals surface area contributed by atoms with E-state index in [1.165, 1.54) is 11.3 Å². The summed E-state index contributed by atoms with van der Waals surface area (Å²) in [6.45, 7) is 0.778. The maximum absolute atomic E-state index is 12.9. The van der Waals surface area contributed by atoms with Gasteiger partial charge < -0.3 is 24.8 Å². The van der Waals surface area contributed by atoms with Crippen molar-refractivity contribution in [3.63, 3.8) is 0 Å². The van der Waals surface area contributed by atoms with E-state index in [2.05, 4.69) is 10.3 Å². The average molecular weight is 397 g/mol. The van der Waals surface area contributed by atoms with Crippen molar-refractivity contribution in [3.05, 3.63) is 65.2 Å². The van der Waals surface area contributed by atoms with Gasteiger partial charge in [0.2, 0.25) is 6.79 Å². The molecule has 28 heavy (non-hydrogen) atoms. The molecule has 2 heterocycles. The molecule has 2 N–H and O–H groups in total. The number of aliphatic hydroxyl groups is 1. The first-order valence-electron chi connectivity index (χ1n) is 8.79. The standard InChI is InChI=1S/C20H19N3O4S/c24-9-8-23(11-14-4-2-1-3-5-14)19(25)16-12-28-20(22-16)21-15-6-7-17-18(10-15)27-13-26-17/h1-7,10,12,24H,8-9,11,13H2,(H,21,22). The number of nitrogens with one attached hydrogen (secondary N) is 1. The summed E-state index contributed by atoms with van der Waals surface area (Å²) >= 11 is 1.34. The lowest BCUT2D eigenvalue weighted by Crippen LogP contribution is -2.33. The normalized spacial score (nSPS) is 12.0. The molecule has 3 aromatic rings. The van der Waals surface area contributed by atoms with Crippen LogP contribution in [0, 0.1) is 0 Å². The van der Waals surface area contributed by atoms with Crippen LogP contribution < -0.4 is 14.8 Å². The Hall–Kier alpha value is -3.10. The summed E-state index contributed by atoms with van der Waals surface area (Å²) in [5.41, 5.74) is 2.14. The number of nitrogens with zero attached hydrogens (tertiary/aromatic N) is 2. The molecular formula is C20H19N3O4S. The topological polar surface area (TPSA) is 83.9 Å². The maximum atomic E-state index is 12.9. The summed E-state index contributed by atoms with van der Waals surface area (Å²) in [4.78, 5) is 18.9. The number of anilines is 2. The van der Waals surface area contributed by atoms with Gasteiger partial charge in [-0.15, -0.1) is 11.3 Å². The van der Waals surface area contributed by atoms with Crippen molar-refractivity contribution in [2.45, 2.75) is 6.54 Å². The van der Waals surface area contributed by atoms with Gasteiger partial charge in [-0.3, -0.25) is 4.79 Å². The molecule has 0 aliphatic carbocycles. The molecule has 2 aromatic carbocycles. The number of aromatic nitrogens is 1. The number of rotatable bonds is 7. The second-order valence-electron chi connectivity index (χ2n) is 6.17. The second kappa shape index (κ2) is 8.28. The number of thiazole rings is 1. The Morgan fingerprint density at radius 3 is 2.82 bits per heavy atom. The van der Waals surface area contributed by atoms with Crippen molar-refractivity contribution in [1.82, 2.24) is 9.88 Å². The van der Waals surface area contributed by atoms with Crippen LogP contribution in [-0.2, 0) is 6.54 Å². The molecule has 0 saturated heterocycles. The first-order chi connectivity index (χ1) is 13.7. The third kappa shape index (κ3) is 4.08. The van der Waals surface area contributed by atoms with Crippen molar-refractivity contribution in [3.8, 4) is 11.5 Å². The average Bonchev–Trinajstić information content (AvgIpc) is 3.37. The predicted molar refractivity (Wildman–Crippen MR) is 106 cm³/mol. The van der Waals surface area contributed by atoms with E-state index in [1.54, 1.807) is 10.3 Å². The Morgan fingerprint density at radius 1 is 1.18 bits per heavy atom. The van der Waals surface area contributed by atoms with Gasteiger partial charge in [0.25, 0.3) is 5.91 Å². The molecule has 0 unspecified atom stereocenters. The summed E-state index contributed by atoms with van der Waals surface area (Å²) in [5.74, 6) is 1.17. The maximum Gasteiger partial charge on any atom is 0.273 e. The summed E-state index contributed by atoms with van der Waals surface area (Å²) in [6.07, 6.45) is 0. The van der Waals surface area contributed by atoms with E-state index in [1.807, 2.05) is 48.5 Å². The van der Waals surface area contributed by atoms with Crippen molar-refractivity contribution >= 4 is 28.1 Å². The zero-order valence-electron chi connectivity index (χ0n) is 15.0. The Bertz CT molecular complexity index is 961. The van der Waals surface area contributed by atoms with E-state index < -0.39 is 0 Å². The van der Waals surface area contributed by atoms with Gasteiger partial charge in [0.05, 0.1) is 6.61 Å². The molecule has 0 saturated carbocycles. The first kappa shape index (κ1) is 18.3. The third-order valence-corrected chi connectivity index (χ3v) is 4.98. The quantitative estimate of drug-likeness (QED) is 0.637. The molecule has 1 amide bonds. The molecule has 0 atom stereocenters.